The fraction of sp³-hybridized carbons (Fsp3) is 0.833. The average Bonchev–Trinajstić information content (AvgIpc) is 3.13. The van der Waals surface area contributed by atoms with E-state index in [0.29, 0.717) is 5.91 Å². The molecule has 2 bridgehead atoms. The number of nitrogens with zero attached hydrogens (tertiary/aromatic N) is 3. The zero-order valence-electron chi connectivity index (χ0n) is 13.8. The minimum Gasteiger partial charge on any atom is -0.336 e. The molecule has 3 saturated heterocycles. The van der Waals surface area contributed by atoms with E-state index in [1.165, 1.54) is 32.1 Å². The molecular weight excluding hydrogens is 274 g/mol. The molecule has 1 aliphatic carbocycles. The quantitative estimate of drug-likeness (QED) is 0.779. The van der Waals surface area contributed by atoms with Crippen molar-refractivity contribution in [3.63, 3.8) is 0 Å². The Balaban J connectivity index is 1.32. The van der Waals surface area contributed by atoms with Gasteiger partial charge in [-0.25, -0.2) is 0 Å². The maximum Gasteiger partial charge on any atom is 0.249 e. The van der Waals surface area contributed by atoms with Crippen molar-refractivity contribution >= 4 is 5.91 Å². The topological polar surface area (TPSA) is 26.8 Å². The van der Waals surface area contributed by atoms with Crippen molar-refractivity contribution in [3.05, 3.63) is 11.6 Å². The molecule has 0 radical (unpaired) electrons. The van der Waals surface area contributed by atoms with Gasteiger partial charge in [0, 0.05) is 49.9 Å². The number of amides is 1. The van der Waals surface area contributed by atoms with Gasteiger partial charge in [0.05, 0.1) is 0 Å². The molecule has 22 heavy (non-hydrogen) atoms. The van der Waals surface area contributed by atoms with Crippen molar-refractivity contribution in [1.82, 2.24) is 14.7 Å². The summed E-state index contributed by atoms with van der Waals surface area (Å²) in [6, 6.07) is 2.38. The van der Waals surface area contributed by atoms with Gasteiger partial charge in [-0.1, -0.05) is 6.08 Å². The number of fused-ring (bicyclic) bond motifs is 2. The molecule has 3 heterocycles. The summed E-state index contributed by atoms with van der Waals surface area (Å²) < 4.78 is 0. The molecule has 0 N–H and O–H groups in total. The van der Waals surface area contributed by atoms with Gasteiger partial charge in [0.1, 0.15) is 0 Å². The van der Waals surface area contributed by atoms with Crippen LogP contribution in [0.15, 0.2) is 11.6 Å². The summed E-state index contributed by atoms with van der Waals surface area (Å²) in [6.45, 7) is 4.01. The van der Waals surface area contributed by atoms with Crippen molar-refractivity contribution in [2.45, 2.75) is 63.1 Å². The Kier molecular flexibility index (Phi) is 3.99. The maximum atomic E-state index is 12.5. The first-order valence-electron chi connectivity index (χ1n) is 9.16. The number of carbonyl (C=O) groups is 1. The monoisotopic (exact) mass is 303 g/mol. The first kappa shape index (κ1) is 14.7. The van der Waals surface area contributed by atoms with Gasteiger partial charge in [-0.05, 0) is 52.0 Å². The van der Waals surface area contributed by atoms with Crippen LogP contribution >= 0.6 is 0 Å². The van der Waals surface area contributed by atoms with Gasteiger partial charge < -0.3 is 9.80 Å². The van der Waals surface area contributed by atoms with Crippen LogP contribution in [-0.4, -0.2) is 72.0 Å². The summed E-state index contributed by atoms with van der Waals surface area (Å²) in [5.41, 5.74) is 1.07. The van der Waals surface area contributed by atoms with Crippen LogP contribution in [-0.2, 0) is 4.79 Å². The Morgan fingerprint density at radius 2 is 1.73 bits per heavy atom. The van der Waals surface area contributed by atoms with E-state index < -0.39 is 0 Å². The van der Waals surface area contributed by atoms with Gasteiger partial charge in [0.15, 0.2) is 0 Å². The van der Waals surface area contributed by atoms with Crippen LogP contribution in [0, 0.1) is 0 Å². The van der Waals surface area contributed by atoms with Gasteiger partial charge in [-0.3, -0.25) is 9.69 Å². The minimum absolute atomic E-state index is 0.320. The fourth-order valence-corrected chi connectivity index (χ4v) is 5.04. The second kappa shape index (κ2) is 5.97. The number of allylic oxidation sites excluding steroid dienone is 1. The van der Waals surface area contributed by atoms with Crippen LogP contribution in [0.25, 0.3) is 0 Å². The molecule has 4 heteroatoms. The molecule has 0 aromatic rings. The number of hydrogen-bond acceptors (Lipinski definition) is 3. The summed E-state index contributed by atoms with van der Waals surface area (Å²) in [5, 5.41) is 0. The molecule has 0 aromatic carbocycles. The van der Waals surface area contributed by atoms with E-state index in [0.717, 1.165) is 62.7 Å². The van der Waals surface area contributed by atoms with Gasteiger partial charge in [0.25, 0.3) is 0 Å². The number of hydrogen-bond donors (Lipinski definition) is 0. The molecule has 3 aliphatic heterocycles. The SMILES string of the molecule is CN1C2CCC1CC(N1CCN(C(=O)C3=CCCC3)CC1)C2. The highest BCUT2D eigenvalue weighted by atomic mass is 16.2. The van der Waals surface area contributed by atoms with Gasteiger partial charge >= 0.3 is 0 Å². The Morgan fingerprint density at radius 1 is 1.05 bits per heavy atom. The van der Waals surface area contributed by atoms with E-state index in [1.807, 2.05) is 0 Å². The normalized spacial score (nSPS) is 36.7. The molecular formula is C18H29N3O. The van der Waals surface area contributed by atoms with Crippen LogP contribution in [0.4, 0.5) is 0 Å². The van der Waals surface area contributed by atoms with Crippen molar-refractivity contribution in [2.75, 3.05) is 33.2 Å². The average molecular weight is 303 g/mol. The summed E-state index contributed by atoms with van der Waals surface area (Å²) in [4.78, 5) is 19.9. The summed E-state index contributed by atoms with van der Waals surface area (Å²) in [6.07, 6.45) is 10.9. The van der Waals surface area contributed by atoms with Crippen molar-refractivity contribution in [3.8, 4) is 0 Å². The third-order valence-corrected chi connectivity index (χ3v) is 6.51. The minimum atomic E-state index is 0.320. The molecule has 1 amide bonds. The molecule has 122 valence electrons. The second-order valence-electron chi connectivity index (χ2n) is 7.63. The Labute approximate surface area is 134 Å². The van der Waals surface area contributed by atoms with Gasteiger partial charge in [-0.2, -0.15) is 0 Å². The highest BCUT2D eigenvalue weighted by Crippen LogP contribution is 2.36. The molecule has 2 unspecified atom stereocenters. The van der Waals surface area contributed by atoms with E-state index in [2.05, 4.69) is 27.8 Å². The second-order valence-corrected chi connectivity index (χ2v) is 7.63. The molecule has 3 fully saturated rings. The molecule has 0 spiro atoms. The lowest BCUT2D eigenvalue weighted by Gasteiger charge is -2.45. The van der Waals surface area contributed by atoms with E-state index in [9.17, 15) is 4.79 Å². The zero-order chi connectivity index (χ0) is 15.1. The zero-order valence-corrected chi connectivity index (χ0v) is 13.8. The van der Waals surface area contributed by atoms with E-state index in [4.69, 9.17) is 0 Å². The Morgan fingerprint density at radius 3 is 2.32 bits per heavy atom. The standard InChI is InChI=1S/C18H29N3O/c1-19-15-6-7-16(19)13-17(12-15)20-8-10-21(11-9-20)18(22)14-4-2-3-5-14/h4,15-17H,2-3,5-13H2,1H3. The fourth-order valence-electron chi connectivity index (χ4n) is 5.04. The number of piperazine rings is 1. The predicted octanol–water partition coefficient (Wildman–Crippen LogP) is 1.87. The largest absolute Gasteiger partial charge is 0.336 e. The first-order valence-corrected chi connectivity index (χ1v) is 9.16. The smallest absolute Gasteiger partial charge is 0.249 e. The molecule has 4 aliphatic rings. The molecule has 0 saturated carbocycles. The van der Waals surface area contributed by atoms with Crippen molar-refractivity contribution in [1.29, 1.82) is 0 Å². The van der Waals surface area contributed by atoms with E-state index in [-0.39, 0.29) is 0 Å². The molecule has 4 nitrogen and oxygen atoms in total. The van der Waals surface area contributed by atoms with Crippen molar-refractivity contribution < 1.29 is 4.79 Å². The van der Waals surface area contributed by atoms with Crippen LogP contribution in [0.5, 0.6) is 0 Å². The lowest BCUT2D eigenvalue weighted by atomic mass is 9.96. The summed E-state index contributed by atoms with van der Waals surface area (Å²) in [5.74, 6) is 0.320. The van der Waals surface area contributed by atoms with Gasteiger partial charge in [0.2, 0.25) is 5.91 Å². The van der Waals surface area contributed by atoms with Gasteiger partial charge in [-0.15, -0.1) is 0 Å². The third-order valence-electron chi connectivity index (χ3n) is 6.51. The maximum absolute atomic E-state index is 12.5. The van der Waals surface area contributed by atoms with E-state index >= 15 is 0 Å². The van der Waals surface area contributed by atoms with E-state index in [1.54, 1.807) is 0 Å². The van der Waals surface area contributed by atoms with Crippen LogP contribution < -0.4 is 0 Å². The first-order chi connectivity index (χ1) is 10.7. The predicted molar refractivity (Wildman–Crippen MR) is 87.7 cm³/mol. The highest BCUT2D eigenvalue weighted by molar-refractivity contribution is 5.93. The lowest BCUT2D eigenvalue weighted by Crippen LogP contribution is -2.56. The molecule has 2 atom stereocenters. The summed E-state index contributed by atoms with van der Waals surface area (Å²) in [7, 11) is 2.31. The lowest BCUT2D eigenvalue weighted by molar-refractivity contribution is -0.129. The summed E-state index contributed by atoms with van der Waals surface area (Å²) >= 11 is 0. The molecule has 4 rings (SSSR count). The number of rotatable bonds is 2. The number of carbonyl (C=O) groups excluding carboxylic acids is 1. The number of piperidine rings is 1. The Hall–Kier alpha value is -0.870. The van der Waals surface area contributed by atoms with Crippen LogP contribution in [0.2, 0.25) is 0 Å². The van der Waals surface area contributed by atoms with Crippen LogP contribution in [0.3, 0.4) is 0 Å². The van der Waals surface area contributed by atoms with Crippen LogP contribution in [0.1, 0.15) is 44.9 Å². The highest BCUT2D eigenvalue weighted by Gasteiger charge is 2.41. The van der Waals surface area contributed by atoms with Crippen molar-refractivity contribution in [2.24, 2.45) is 0 Å². The third kappa shape index (κ3) is 2.61. The Bertz CT molecular complexity index is 453. The molecule has 0 aromatic heterocycles.